The molecule has 2 spiro atoms. The fourth-order valence-corrected chi connectivity index (χ4v) is 12.6. The molecular formula is C53H30N4S. The van der Waals surface area contributed by atoms with Gasteiger partial charge in [0.2, 0.25) is 0 Å². The minimum absolute atomic E-state index is 0.425. The Morgan fingerprint density at radius 3 is 1.78 bits per heavy atom. The minimum atomic E-state index is -0.665. The third-order valence-electron chi connectivity index (χ3n) is 13.4. The van der Waals surface area contributed by atoms with Crippen molar-refractivity contribution in [2.45, 2.75) is 20.6 Å². The molecule has 4 nitrogen and oxygen atoms in total. The maximum atomic E-state index is 5.37. The van der Waals surface area contributed by atoms with Crippen LogP contribution < -0.4 is 0 Å². The van der Waals surface area contributed by atoms with Gasteiger partial charge in [-0.1, -0.05) is 127 Å². The van der Waals surface area contributed by atoms with E-state index in [0.717, 1.165) is 44.6 Å². The molecule has 5 heteroatoms. The van der Waals surface area contributed by atoms with E-state index in [1.807, 2.05) is 36.4 Å². The van der Waals surface area contributed by atoms with Crippen LogP contribution in [0.5, 0.6) is 0 Å². The van der Waals surface area contributed by atoms with Crippen molar-refractivity contribution < 1.29 is 0 Å². The lowest BCUT2D eigenvalue weighted by atomic mass is 9.66. The summed E-state index contributed by atoms with van der Waals surface area (Å²) in [7, 11) is 0. The number of pyridine rings is 3. The van der Waals surface area contributed by atoms with E-state index >= 15 is 0 Å². The fourth-order valence-electron chi connectivity index (χ4n) is 11.4. The largest absolute Gasteiger partial charge is 0.306 e. The molecule has 0 radical (unpaired) electrons. The van der Waals surface area contributed by atoms with Crippen molar-refractivity contribution in [3.63, 3.8) is 0 Å². The van der Waals surface area contributed by atoms with Gasteiger partial charge in [0, 0.05) is 33.1 Å². The molecule has 0 saturated carbocycles. The second kappa shape index (κ2) is 10.9. The summed E-state index contributed by atoms with van der Waals surface area (Å²) in [5.41, 5.74) is 20.4. The molecule has 0 amide bonds. The zero-order valence-electron chi connectivity index (χ0n) is 31.0. The summed E-state index contributed by atoms with van der Waals surface area (Å²) in [6, 6.07) is 60.9. The molecule has 3 aliphatic carbocycles. The van der Waals surface area contributed by atoms with Crippen LogP contribution in [0, 0.1) is 0 Å². The number of aromatic nitrogens is 4. The van der Waals surface area contributed by atoms with Crippen molar-refractivity contribution in [1.82, 2.24) is 19.5 Å². The van der Waals surface area contributed by atoms with E-state index in [0.29, 0.717) is 0 Å². The fraction of sp³-hybridized carbons (Fsp3) is 0.0377. The van der Waals surface area contributed by atoms with E-state index in [-0.39, 0.29) is 0 Å². The quantitative estimate of drug-likeness (QED) is 0.167. The second-order valence-corrected chi connectivity index (χ2v) is 16.9. The summed E-state index contributed by atoms with van der Waals surface area (Å²) in [5, 5.41) is 1.13. The molecule has 10 aromatic rings. The lowest BCUT2D eigenvalue weighted by molar-refractivity contribution is 0.714. The van der Waals surface area contributed by atoms with E-state index in [9.17, 15) is 0 Å². The Bertz CT molecular complexity index is 3370. The van der Waals surface area contributed by atoms with Gasteiger partial charge in [-0.25, -0.2) is 0 Å². The smallest absolute Gasteiger partial charge is 0.0963 e. The molecule has 0 N–H and O–H groups in total. The van der Waals surface area contributed by atoms with Gasteiger partial charge in [-0.2, -0.15) is 0 Å². The van der Waals surface area contributed by atoms with Gasteiger partial charge in [0.1, 0.15) is 0 Å². The molecule has 268 valence electrons. The summed E-state index contributed by atoms with van der Waals surface area (Å²) < 4.78 is 2.33. The van der Waals surface area contributed by atoms with E-state index < -0.39 is 10.8 Å². The molecule has 1 aliphatic heterocycles. The highest BCUT2D eigenvalue weighted by atomic mass is 32.2. The monoisotopic (exact) mass is 754 g/mol. The molecular weight excluding hydrogens is 725 g/mol. The van der Waals surface area contributed by atoms with Crippen molar-refractivity contribution in [1.29, 1.82) is 0 Å². The molecule has 0 saturated heterocycles. The molecule has 14 rings (SSSR count). The first-order chi connectivity index (χ1) is 28.8. The summed E-state index contributed by atoms with van der Waals surface area (Å²) in [5.74, 6) is 0. The van der Waals surface area contributed by atoms with Crippen LogP contribution in [0.1, 0.15) is 44.5 Å². The molecule has 1 atom stereocenters. The van der Waals surface area contributed by atoms with Crippen LogP contribution >= 0.6 is 11.8 Å². The Morgan fingerprint density at radius 2 is 0.983 bits per heavy atom. The van der Waals surface area contributed by atoms with Crippen molar-refractivity contribution in [2.75, 3.05) is 0 Å². The average Bonchev–Trinajstić information content (AvgIpc) is 3.97. The van der Waals surface area contributed by atoms with Crippen LogP contribution in [-0.2, 0) is 10.8 Å². The lowest BCUT2D eigenvalue weighted by Gasteiger charge is -2.40. The molecule has 4 aliphatic rings. The van der Waals surface area contributed by atoms with Crippen molar-refractivity contribution in [3.8, 4) is 39.3 Å². The van der Waals surface area contributed by atoms with Crippen molar-refractivity contribution >= 4 is 33.7 Å². The molecule has 6 aromatic carbocycles. The Hall–Kier alpha value is -7.08. The first kappa shape index (κ1) is 31.1. The molecule has 0 fully saturated rings. The Balaban J connectivity index is 1.11. The van der Waals surface area contributed by atoms with Gasteiger partial charge in [0.05, 0.1) is 50.7 Å². The number of rotatable bonds is 1. The van der Waals surface area contributed by atoms with Gasteiger partial charge in [0.25, 0.3) is 0 Å². The SMILES string of the molecule is c1ccc2c(c1)Sc1cc3c(cc1C21c2cccnc2-c2ncc(-n4c5ccccc5c5ncccc54)cc21)-c1ccccc1C31c2ccccc2-c2ccccc21. The normalized spacial score (nSPS) is 16.8. The molecule has 1 unspecified atom stereocenters. The molecule has 58 heavy (non-hydrogen) atoms. The first-order valence-corrected chi connectivity index (χ1v) is 20.7. The summed E-state index contributed by atoms with van der Waals surface area (Å²) in [6.45, 7) is 0. The van der Waals surface area contributed by atoms with Crippen LogP contribution in [0.4, 0.5) is 0 Å². The van der Waals surface area contributed by atoms with E-state index in [1.165, 1.54) is 71.0 Å². The number of para-hydroxylation sites is 1. The summed E-state index contributed by atoms with van der Waals surface area (Å²) in [4.78, 5) is 17.9. The highest BCUT2D eigenvalue weighted by Crippen LogP contribution is 2.67. The number of hydrogen-bond donors (Lipinski definition) is 0. The third kappa shape index (κ3) is 3.51. The van der Waals surface area contributed by atoms with Crippen LogP contribution in [0.15, 0.2) is 192 Å². The maximum Gasteiger partial charge on any atom is 0.0963 e. The first-order valence-electron chi connectivity index (χ1n) is 19.8. The van der Waals surface area contributed by atoms with Gasteiger partial charge in [0.15, 0.2) is 0 Å². The van der Waals surface area contributed by atoms with Gasteiger partial charge in [-0.15, -0.1) is 0 Å². The predicted octanol–water partition coefficient (Wildman–Crippen LogP) is 12.1. The molecule has 4 aromatic heterocycles. The minimum Gasteiger partial charge on any atom is -0.306 e. The molecule has 0 bridgehead atoms. The van der Waals surface area contributed by atoms with Gasteiger partial charge in [-0.05, 0) is 110 Å². The predicted molar refractivity (Wildman–Crippen MR) is 232 cm³/mol. The Kier molecular flexibility index (Phi) is 5.81. The van der Waals surface area contributed by atoms with Crippen LogP contribution in [0.2, 0.25) is 0 Å². The van der Waals surface area contributed by atoms with Crippen LogP contribution in [0.3, 0.4) is 0 Å². The van der Waals surface area contributed by atoms with Gasteiger partial charge in [-0.3, -0.25) is 15.0 Å². The zero-order chi connectivity index (χ0) is 37.7. The lowest BCUT2D eigenvalue weighted by Crippen LogP contribution is -2.33. The van der Waals surface area contributed by atoms with Gasteiger partial charge < -0.3 is 4.57 Å². The average molecular weight is 755 g/mol. The van der Waals surface area contributed by atoms with E-state index in [1.54, 1.807) is 0 Å². The van der Waals surface area contributed by atoms with Crippen LogP contribution in [-0.4, -0.2) is 19.5 Å². The molecule has 5 heterocycles. The number of benzene rings is 6. The summed E-state index contributed by atoms with van der Waals surface area (Å²) in [6.07, 6.45) is 5.82. The number of fused-ring (bicyclic) bond motifs is 22. The third-order valence-corrected chi connectivity index (χ3v) is 14.5. The highest BCUT2D eigenvalue weighted by molar-refractivity contribution is 7.99. The van der Waals surface area contributed by atoms with Crippen molar-refractivity contribution in [3.05, 3.63) is 227 Å². The number of nitrogens with zero attached hydrogens (tertiary/aromatic N) is 4. The zero-order valence-corrected chi connectivity index (χ0v) is 31.8. The van der Waals surface area contributed by atoms with E-state index in [2.05, 4.69) is 162 Å². The maximum absolute atomic E-state index is 5.37. The summed E-state index contributed by atoms with van der Waals surface area (Å²) >= 11 is 1.89. The van der Waals surface area contributed by atoms with Crippen molar-refractivity contribution in [2.24, 2.45) is 0 Å². The Labute approximate surface area is 338 Å². The second-order valence-electron chi connectivity index (χ2n) is 15.8. The van der Waals surface area contributed by atoms with Gasteiger partial charge >= 0.3 is 0 Å². The topological polar surface area (TPSA) is 43.6 Å². The van der Waals surface area contributed by atoms with E-state index in [4.69, 9.17) is 15.0 Å². The highest BCUT2D eigenvalue weighted by Gasteiger charge is 2.56. The van der Waals surface area contributed by atoms with Crippen LogP contribution in [0.25, 0.3) is 61.3 Å². The number of hydrogen-bond acceptors (Lipinski definition) is 4. The standard InChI is InChI=1S/C53H30N4S/c1-5-17-37-32(13-1)33-14-2-6-18-38(33)52(37)39-19-7-3-15-34(39)36-28-43-48(29-42(36)52)58-47-24-10-8-20-40(47)53(43)41-21-11-25-55-50(41)51-44(53)27-31(30-56-51)57-45-22-9-4-16-35(45)49-46(57)23-12-26-54-49/h1-30H. The Morgan fingerprint density at radius 1 is 0.397 bits per heavy atom.